The summed E-state index contributed by atoms with van der Waals surface area (Å²) < 4.78 is 12.6. The molecule has 0 amide bonds. The highest BCUT2D eigenvalue weighted by Gasteiger charge is 2.60. The molecule has 0 unspecified atom stereocenters. The molecule has 178 valence electrons. The zero-order chi connectivity index (χ0) is 24.5. The van der Waals surface area contributed by atoms with E-state index in [2.05, 4.69) is 48.5 Å². The Morgan fingerprint density at radius 1 is 0.571 bits per heavy atom. The fourth-order valence-electron chi connectivity index (χ4n) is 5.09. The lowest BCUT2D eigenvalue weighted by Gasteiger charge is -2.42. The summed E-state index contributed by atoms with van der Waals surface area (Å²) in [5.74, 6) is -0.865. The van der Waals surface area contributed by atoms with Crippen molar-refractivity contribution in [3.8, 4) is 0 Å². The van der Waals surface area contributed by atoms with Gasteiger partial charge in [0.05, 0.1) is 4.75 Å². The molecule has 1 aliphatic rings. The van der Waals surface area contributed by atoms with Gasteiger partial charge >= 0.3 is 0 Å². The lowest BCUT2D eigenvalue weighted by molar-refractivity contribution is -0.150. The van der Waals surface area contributed by atoms with Crippen LogP contribution >= 0.6 is 24.2 Å². The van der Waals surface area contributed by atoms with Crippen LogP contribution in [0.5, 0.6) is 0 Å². The summed E-state index contributed by atoms with van der Waals surface area (Å²) in [6.07, 6.45) is -1.06. The number of halogens is 1. The Hall–Kier alpha value is -2.56. The standard InChI is InChI=1S/C31H29ClO2S/c1-29(2)33-27(30(32,23-15-7-3-8-16-23)24-17-9-4-10-18-24)28(34-29)31(35,25-19-11-5-12-20-25)26-21-13-6-14-22-26/h3-22,27-28,35H,1-2H3/t27-,28-/m1/s1. The molecule has 0 radical (unpaired) electrons. The first-order valence-electron chi connectivity index (χ1n) is 11.8. The van der Waals surface area contributed by atoms with Crippen molar-refractivity contribution in [3.63, 3.8) is 0 Å². The third-order valence-electron chi connectivity index (χ3n) is 6.72. The first-order valence-corrected chi connectivity index (χ1v) is 12.7. The fraction of sp³-hybridized carbons (Fsp3) is 0.226. The zero-order valence-electron chi connectivity index (χ0n) is 19.8. The third-order valence-corrected chi connectivity index (χ3v) is 8.14. The predicted octanol–water partition coefficient (Wildman–Crippen LogP) is 7.56. The predicted molar refractivity (Wildman–Crippen MR) is 146 cm³/mol. The summed E-state index contributed by atoms with van der Waals surface area (Å²) in [5.41, 5.74) is 3.93. The normalized spacial score (nSPS) is 20.0. The second-order valence-electron chi connectivity index (χ2n) is 9.42. The van der Waals surface area contributed by atoms with Gasteiger partial charge in [-0.15, -0.1) is 11.6 Å². The Balaban J connectivity index is 1.76. The van der Waals surface area contributed by atoms with Gasteiger partial charge in [0.25, 0.3) is 0 Å². The van der Waals surface area contributed by atoms with Crippen molar-refractivity contribution in [3.05, 3.63) is 144 Å². The summed E-state index contributed by atoms with van der Waals surface area (Å²) in [5, 5.41) is 0. The molecular weight excluding hydrogens is 472 g/mol. The molecule has 5 rings (SSSR count). The number of thiol groups is 1. The first kappa shape index (κ1) is 24.1. The summed E-state index contributed by atoms with van der Waals surface area (Å²) in [6, 6.07) is 40.7. The van der Waals surface area contributed by atoms with E-state index in [1.165, 1.54) is 0 Å². The monoisotopic (exact) mass is 500 g/mol. The summed E-state index contributed by atoms with van der Waals surface area (Å²) in [7, 11) is 0. The molecule has 0 saturated carbocycles. The van der Waals surface area contributed by atoms with E-state index in [0.717, 1.165) is 22.3 Å². The number of rotatable bonds is 6. The minimum atomic E-state index is -1.02. The molecule has 0 aromatic heterocycles. The number of benzene rings is 4. The van der Waals surface area contributed by atoms with Crippen molar-refractivity contribution in [2.24, 2.45) is 0 Å². The van der Waals surface area contributed by atoms with E-state index in [-0.39, 0.29) is 0 Å². The van der Waals surface area contributed by atoms with Gasteiger partial charge in [-0.3, -0.25) is 0 Å². The van der Waals surface area contributed by atoms with Crippen molar-refractivity contribution in [1.82, 2.24) is 0 Å². The van der Waals surface area contributed by atoms with E-state index in [1.807, 2.05) is 86.6 Å². The lowest BCUT2D eigenvalue weighted by atomic mass is 9.76. The molecule has 0 bridgehead atoms. The van der Waals surface area contributed by atoms with Crippen LogP contribution in [0.3, 0.4) is 0 Å². The van der Waals surface area contributed by atoms with Gasteiger partial charge in [0, 0.05) is 0 Å². The number of alkyl halides is 1. The van der Waals surface area contributed by atoms with Crippen molar-refractivity contribution >= 4 is 24.2 Å². The van der Waals surface area contributed by atoms with E-state index in [1.54, 1.807) is 0 Å². The molecule has 2 nitrogen and oxygen atoms in total. The number of hydrogen-bond donors (Lipinski definition) is 1. The van der Waals surface area contributed by atoms with Crippen LogP contribution in [0, 0.1) is 0 Å². The minimum absolute atomic E-state index is 0.511. The van der Waals surface area contributed by atoms with Crippen molar-refractivity contribution in [2.75, 3.05) is 0 Å². The molecule has 4 aromatic rings. The largest absolute Gasteiger partial charge is 0.342 e. The number of ether oxygens (including phenoxy) is 2. The Bertz CT molecular complexity index is 1070. The quantitative estimate of drug-likeness (QED) is 0.217. The first-order chi connectivity index (χ1) is 16.9. The van der Waals surface area contributed by atoms with Crippen molar-refractivity contribution < 1.29 is 9.47 Å². The maximum Gasteiger partial charge on any atom is 0.163 e. The lowest BCUT2D eigenvalue weighted by Crippen LogP contribution is -2.50. The minimum Gasteiger partial charge on any atom is -0.342 e. The van der Waals surface area contributed by atoms with Crippen LogP contribution in [0.4, 0.5) is 0 Å². The smallest absolute Gasteiger partial charge is 0.163 e. The molecular formula is C31H29ClO2S. The molecule has 0 N–H and O–H groups in total. The summed E-state index contributed by atoms with van der Waals surface area (Å²) in [4.78, 5) is -1.02. The molecule has 35 heavy (non-hydrogen) atoms. The Kier molecular flexibility index (Phi) is 6.54. The molecule has 1 saturated heterocycles. The molecule has 1 heterocycles. The van der Waals surface area contributed by atoms with Crippen LogP contribution < -0.4 is 0 Å². The van der Waals surface area contributed by atoms with Crippen LogP contribution in [0.15, 0.2) is 121 Å². The Labute approximate surface area is 218 Å². The van der Waals surface area contributed by atoms with Gasteiger partial charge in [0.2, 0.25) is 0 Å². The van der Waals surface area contributed by atoms with E-state index < -0.39 is 27.6 Å². The molecule has 2 atom stereocenters. The van der Waals surface area contributed by atoms with E-state index in [9.17, 15) is 0 Å². The summed E-state index contributed by atoms with van der Waals surface area (Å²) in [6.45, 7) is 3.88. The average molecular weight is 501 g/mol. The van der Waals surface area contributed by atoms with Crippen LogP contribution in [0.2, 0.25) is 0 Å². The Morgan fingerprint density at radius 2 is 0.886 bits per heavy atom. The van der Waals surface area contributed by atoms with Gasteiger partial charge in [-0.05, 0) is 36.1 Å². The molecule has 0 spiro atoms. The molecule has 0 aliphatic carbocycles. The van der Waals surface area contributed by atoms with E-state index >= 15 is 0 Å². The van der Waals surface area contributed by atoms with Gasteiger partial charge in [-0.25, -0.2) is 0 Å². The van der Waals surface area contributed by atoms with Gasteiger partial charge in [0.15, 0.2) is 5.79 Å². The average Bonchev–Trinajstić information content (AvgIpc) is 3.26. The highest BCUT2D eigenvalue weighted by Crippen LogP contribution is 2.54. The van der Waals surface area contributed by atoms with Crippen molar-refractivity contribution in [1.29, 1.82) is 0 Å². The SMILES string of the molecule is CC1(C)O[C@@H](C(S)(c2ccccc2)c2ccccc2)[C@H](C(Cl)(c2ccccc2)c2ccccc2)O1. The second-order valence-corrected chi connectivity index (χ2v) is 10.7. The van der Waals surface area contributed by atoms with Crippen LogP contribution in [0.1, 0.15) is 36.1 Å². The molecule has 1 fully saturated rings. The third kappa shape index (κ3) is 4.32. The van der Waals surface area contributed by atoms with Crippen LogP contribution in [0.25, 0.3) is 0 Å². The highest BCUT2D eigenvalue weighted by atomic mass is 35.5. The van der Waals surface area contributed by atoms with Gasteiger partial charge in [-0.2, -0.15) is 12.6 Å². The van der Waals surface area contributed by atoms with Crippen LogP contribution in [-0.4, -0.2) is 18.0 Å². The van der Waals surface area contributed by atoms with Gasteiger partial charge in [-0.1, -0.05) is 121 Å². The van der Waals surface area contributed by atoms with Crippen LogP contribution in [-0.2, 0) is 19.1 Å². The molecule has 4 heteroatoms. The van der Waals surface area contributed by atoms with Crippen molar-refractivity contribution in [2.45, 2.75) is 41.5 Å². The highest BCUT2D eigenvalue weighted by molar-refractivity contribution is 7.81. The Morgan fingerprint density at radius 3 is 1.26 bits per heavy atom. The molecule has 4 aromatic carbocycles. The van der Waals surface area contributed by atoms with E-state index in [0.29, 0.717) is 0 Å². The summed E-state index contributed by atoms with van der Waals surface area (Å²) >= 11 is 13.2. The van der Waals surface area contributed by atoms with Gasteiger partial charge in [0.1, 0.15) is 17.1 Å². The zero-order valence-corrected chi connectivity index (χ0v) is 21.5. The maximum atomic E-state index is 7.76. The second kappa shape index (κ2) is 9.48. The van der Waals surface area contributed by atoms with E-state index in [4.69, 9.17) is 33.7 Å². The van der Waals surface area contributed by atoms with Gasteiger partial charge < -0.3 is 9.47 Å². The molecule has 1 aliphatic heterocycles. The maximum absolute atomic E-state index is 7.76. The fourth-order valence-corrected chi connectivity index (χ4v) is 5.99. The number of hydrogen-bond acceptors (Lipinski definition) is 3. The topological polar surface area (TPSA) is 18.5 Å².